The zero-order valence-corrected chi connectivity index (χ0v) is 21.9. The predicted molar refractivity (Wildman–Crippen MR) is 146 cm³/mol. The Morgan fingerprint density at radius 2 is 1.72 bits per heavy atom. The quantitative estimate of drug-likeness (QED) is 0.156. The summed E-state index contributed by atoms with van der Waals surface area (Å²) in [5, 5.41) is 7.71. The van der Waals surface area contributed by atoms with Crippen LogP contribution in [0.2, 0.25) is 0 Å². The highest BCUT2D eigenvalue weighted by atomic mass is 127. The molecular formula is C29H25IN2O4. The molecule has 3 aromatic rings. The van der Waals surface area contributed by atoms with Crippen LogP contribution >= 0.6 is 22.6 Å². The highest BCUT2D eigenvalue weighted by Crippen LogP contribution is 2.52. The molecule has 0 aromatic heterocycles. The summed E-state index contributed by atoms with van der Waals surface area (Å²) in [6.45, 7) is 2.80. The fourth-order valence-corrected chi connectivity index (χ4v) is 6.54. The minimum Gasteiger partial charge on any atom is -0.490 e. The van der Waals surface area contributed by atoms with Crippen molar-refractivity contribution in [3.8, 4) is 11.5 Å². The standard InChI is InChI=1S/C29H25IN2O4/c1-2-35-24-13-17(15-31-32-28(33)25-19-10-11-20(14-19)26(25)29(32)34)12-23(30)27(24)36-16-21-8-5-7-18-6-3-4-9-22(18)21/h3-13,15,19-20,25-26H,2,14,16H2,1H3/b31-15-/t19-,20-,25-,26+/m0/s1. The van der Waals surface area contributed by atoms with Crippen LogP contribution in [0.25, 0.3) is 10.8 Å². The molecule has 0 unspecified atom stereocenters. The van der Waals surface area contributed by atoms with Crippen molar-refractivity contribution in [2.75, 3.05) is 6.61 Å². The molecule has 36 heavy (non-hydrogen) atoms. The topological polar surface area (TPSA) is 68.2 Å². The molecule has 0 spiro atoms. The van der Waals surface area contributed by atoms with Gasteiger partial charge in [0.05, 0.1) is 28.2 Å². The molecule has 0 N–H and O–H groups in total. The minimum atomic E-state index is -0.256. The second-order valence-corrected chi connectivity index (χ2v) is 10.6. The van der Waals surface area contributed by atoms with Crippen LogP contribution in [-0.4, -0.2) is 29.6 Å². The SMILES string of the molecule is CCOc1cc(/C=N\N2C(=O)[C@@H]3[C@H](C2=O)[C@H]2C=C[C@H]3C2)cc(I)c1OCc1cccc2ccccc12. The van der Waals surface area contributed by atoms with E-state index in [0.29, 0.717) is 24.7 Å². The fourth-order valence-electron chi connectivity index (χ4n) is 5.76. The minimum absolute atomic E-state index is 0.167. The van der Waals surface area contributed by atoms with E-state index in [-0.39, 0.29) is 35.5 Å². The van der Waals surface area contributed by atoms with Crippen LogP contribution in [0.15, 0.2) is 71.9 Å². The Morgan fingerprint density at radius 3 is 2.47 bits per heavy atom. The van der Waals surface area contributed by atoms with Gasteiger partial charge in [-0.25, -0.2) is 0 Å². The molecule has 7 heteroatoms. The fraction of sp³-hybridized carbons (Fsp3) is 0.276. The van der Waals surface area contributed by atoms with Gasteiger partial charge in [0.25, 0.3) is 11.8 Å². The molecule has 6 nitrogen and oxygen atoms in total. The lowest BCUT2D eigenvalue weighted by molar-refractivity contribution is -0.140. The highest BCUT2D eigenvalue weighted by molar-refractivity contribution is 14.1. The molecule has 6 rings (SSSR count). The van der Waals surface area contributed by atoms with Crippen molar-refractivity contribution < 1.29 is 19.1 Å². The van der Waals surface area contributed by atoms with Gasteiger partial charge in [-0.15, -0.1) is 0 Å². The number of carbonyl (C=O) groups excluding carboxylic acids is 2. The average molecular weight is 592 g/mol. The summed E-state index contributed by atoms with van der Waals surface area (Å²) >= 11 is 2.22. The molecule has 3 aliphatic rings. The van der Waals surface area contributed by atoms with E-state index in [0.717, 1.165) is 31.5 Å². The Bertz CT molecular complexity index is 1400. The van der Waals surface area contributed by atoms with Gasteiger partial charge in [-0.1, -0.05) is 54.6 Å². The Labute approximate surface area is 223 Å². The predicted octanol–water partition coefficient (Wildman–Crippen LogP) is 5.56. The first kappa shape index (κ1) is 23.2. The van der Waals surface area contributed by atoms with Crippen molar-refractivity contribution >= 4 is 51.4 Å². The van der Waals surface area contributed by atoms with Crippen LogP contribution in [0.3, 0.4) is 0 Å². The van der Waals surface area contributed by atoms with E-state index in [1.807, 2.05) is 37.3 Å². The Hall–Kier alpha value is -3.20. The second-order valence-electron chi connectivity index (χ2n) is 9.42. The monoisotopic (exact) mass is 592 g/mol. The van der Waals surface area contributed by atoms with Gasteiger partial charge in [0.15, 0.2) is 11.5 Å². The average Bonchev–Trinajstić information content (AvgIpc) is 3.56. The molecule has 3 aromatic carbocycles. The van der Waals surface area contributed by atoms with Crippen molar-refractivity contribution in [3.05, 3.63) is 81.4 Å². The maximum atomic E-state index is 12.9. The summed E-state index contributed by atoms with van der Waals surface area (Å²) in [6.07, 6.45) is 6.63. The van der Waals surface area contributed by atoms with E-state index in [4.69, 9.17) is 9.47 Å². The Morgan fingerprint density at radius 1 is 1.00 bits per heavy atom. The Balaban J connectivity index is 1.23. The molecule has 2 amide bonds. The van der Waals surface area contributed by atoms with Gasteiger partial charge in [0.1, 0.15) is 6.61 Å². The molecule has 182 valence electrons. The number of fused-ring (bicyclic) bond motifs is 6. The van der Waals surface area contributed by atoms with Gasteiger partial charge in [0, 0.05) is 0 Å². The number of hydrogen-bond acceptors (Lipinski definition) is 5. The van der Waals surface area contributed by atoms with Gasteiger partial charge in [-0.05, 0) is 81.8 Å². The normalized spacial score (nSPS) is 24.3. The molecule has 2 bridgehead atoms. The maximum absolute atomic E-state index is 12.9. The van der Waals surface area contributed by atoms with Crippen LogP contribution in [0.4, 0.5) is 0 Å². The maximum Gasteiger partial charge on any atom is 0.254 e. The summed E-state index contributed by atoms with van der Waals surface area (Å²) in [6, 6.07) is 18.2. The van der Waals surface area contributed by atoms with Crippen molar-refractivity contribution in [2.24, 2.45) is 28.8 Å². The number of ether oxygens (including phenoxy) is 2. The summed E-state index contributed by atoms with van der Waals surface area (Å²) in [7, 11) is 0. The third-order valence-corrected chi connectivity index (χ3v) is 8.15. The van der Waals surface area contributed by atoms with Gasteiger partial charge >= 0.3 is 0 Å². The second kappa shape index (κ2) is 9.35. The molecule has 1 aliphatic heterocycles. The number of carbonyl (C=O) groups is 2. The smallest absolute Gasteiger partial charge is 0.254 e. The third kappa shape index (κ3) is 3.89. The van der Waals surface area contributed by atoms with Crippen molar-refractivity contribution in [2.45, 2.75) is 20.0 Å². The van der Waals surface area contributed by atoms with E-state index >= 15 is 0 Å². The van der Waals surface area contributed by atoms with E-state index in [1.54, 1.807) is 6.21 Å². The van der Waals surface area contributed by atoms with Crippen LogP contribution in [0.1, 0.15) is 24.5 Å². The molecular weight excluding hydrogens is 567 g/mol. The van der Waals surface area contributed by atoms with E-state index in [9.17, 15) is 9.59 Å². The van der Waals surface area contributed by atoms with Gasteiger partial charge in [-0.2, -0.15) is 10.1 Å². The zero-order chi connectivity index (χ0) is 24.8. The summed E-state index contributed by atoms with van der Waals surface area (Å²) in [5.74, 6) is 0.709. The zero-order valence-electron chi connectivity index (χ0n) is 19.8. The van der Waals surface area contributed by atoms with Crippen LogP contribution in [-0.2, 0) is 16.2 Å². The lowest BCUT2D eigenvalue weighted by Crippen LogP contribution is -2.28. The van der Waals surface area contributed by atoms with Crippen LogP contribution < -0.4 is 9.47 Å². The molecule has 2 aliphatic carbocycles. The number of allylic oxidation sites excluding steroid dienone is 2. The van der Waals surface area contributed by atoms with Gasteiger partial charge < -0.3 is 9.47 Å². The number of rotatable bonds is 7. The molecule has 1 saturated carbocycles. The summed E-state index contributed by atoms with van der Waals surface area (Å²) in [4.78, 5) is 25.8. The number of halogens is 1. The molecule has 1 heterocycles. The number of imide groups is 1. The van der Waals surface area contributed by atoms with E-state index < -0.39 is 0 Å². The van der Waals surface area contributed by atoms with Gasteiger partial charge in [0.2, 0.25) is 0 Å². The van der Waals surface area contributed by atoms with Crippen LogP contribution in [0.5, 0.6) is 11.5 Å². The number of amides is 2. The number of benzene rings is 3. The molecule has 4 atom stereocenters. The lowest BCUT2D eigenvalue weighted by Gasteiger charge is -2.16. The molecule has 2 fully saturated rings. The highest BCUT2D eigenvalue weighted by Gasteiger charge is 2.59. The van der Waals surface area contributed by atoms with Crippen LogP contribution in [0, 0.1) is 27.2 Å². The third-order valence-electron chi connectivity index (χ3n) is 7.35. The number of nitrogens with zero attached hydrogens (tertiary/aromatic N) is 2. The van der Waals surface area contributed by atoms with Crippen molar-refractivity contribution in [1.29, 1.82) is 0 Å². The largest absolute Gasteiger partial charge is 0.490 e. The van der Waals surface area contributed by atoms with E-state index in [1.165, 1.54) is 5.39 Å². The summed E-state index contributed by atoms with van der Waals surface area (Å²) < 4.78 is 13.0. The number of hydrazone groups is 1. The number of hydrogen-bond donors (Lipinski definition) is 0. The summed E-state index contributed by atoms with van der Waals surface area (Å²) in [5.41, 5.74) is 1.83. The first-order chi connectivity index (χ1) is 17.5. The Kier molecular flexibility index (Phi) is 6.03. The lowest BCUT2D eigenvalue weighted by atomic mass is 9.85. The molecule has 0 radical (unpaired) electrons. The van der Waals surface area contributed by atoms with Crippen molar-refractivity contribution in [3.63, 3.8) is 0 Å². The van der Waals surface area contributed by atoms with E-state index in [2.05, 4.69) is 64.1 Å². The molecule has 1 saturated heterocycles. The first-order valence-electron chi connectivity index (χ1n) is 12.2. The van der Waals surface area contributed by atoms with Crippen molar-refractivity contribution in [1.82, 2.24) is 5.01 Å². The first-order valence-corrected chi connectivity index (χ1v) is 13.3. The van der Waals surface area contributed by atoms with Gasteiger partial charge in [-0.3, -0.25) is 9.59 Å².